The van der Waals surface area contributed by atoms with E-state index in [2.05, 4.69) is 15.3 Å². The molecule has 0 bridgehead atoms. The molecule has 4 nitrogen and oxygen atoms in total. The van der Waals surface area contributed by atoms with Crippen LogP contribution in [-0.4, -0.2) is 14.5 Å². The van der Waals surface area contributed by atoms with Crippen LogP contribution in [0.3, 0.4) is 0 Å². The van der Waals surface area contributed by atoms with Crippen molar-refractivity contribution in [2.24, 2.45) is 7.05 Å². The second-order valence-electron chi connectivity index (χ2n) is 4.14. The van der Waals surface area contributed by atoms with Crippen LogP contribution in [0, 0.1) is 11.6 Å². The van der Waals surface area contributed by atoms with E-state index in [9.17, 15) is 8.78 Å². The van der Waals surface area contributed by atoms with Crippen molar-refractivity contribution >= 4 is 22.5 Å². The van der Waals surface area contributed by atoms with Gasteiger partial charge in [-0.3, -0.25) is 0 Å². The van der Waals surface area contributed by atoms with Crippen molar-refractivity contribution in [3.05, 3.63) is 48.4 Å². The van der Waals surface area contributed by atoms with Crippen LogP contribution in [0.5, 0.6) is 0 Å². The zero-order chi connectivity index (χ0) is 13.4. The van der Waals surface area contributed by atoms with Gasteiger partial charge in [0.2, 0.25) is 0 Å². The van der Waals surface area contributed by atoms with Crippen molar-refractivity contribution in [3.63, 3.8) is 0 Å². The van der Waals surface area contributed by atoms with E-state index in [0.717, 1.165) is 17.1 Å². The Labute approximate surface area is 107 Å². The number of anilines is 2. The summed E-state index contributed by atoms with van der Waals surface area (Å²) in [6.07, 6.45) is 3.23. The number of hydrogen-bond acceptors (Lipinski definition) is 3. The molecule has 3 rings (SSSR count). The standard InChI is InChI=1S/C13H10F2N4/c1-19-5-4-9-12(16-7-17-13(9)19)18-11-3-2-8(14)6-10(11)15/h2-7H,1H3,(H,16,17,18). The quantitative estimate of drug-likeness (QED) is 0.770. The molecule has 0 saturated heterocycles. The highest BCUT2D eigenvalue weighted by Gasteiger charge is 2.09. The predicted octanol–water partition coefficient (Wildman–Crippen LogP) is 2.99. The number of benzene rings is 1. The van der Waals surface area contributed by atoms with Gasteiger partial charge in [0.15, 0.2) is 0 Å². The van der Waals surface area contributed by atoms with Crippen LogP contribution in [0.15, 0.2) is 36.8 Å². The molecule has 19 heavy (non-hydrogen) atoms. The Kier molecular flexibility index (Phi) is 2.63. The van der Waals surface area contributed by atoms with Crippen LogP contribution in [0.2, 0.25) is 0 Å². The van der Waals surface area contributed by atoms with Gasteiger partial charge < -0.3 is 9.88 Å². The molecule has 1 N–H and O–H groups in total. The van der Waals surface area contributed by atoms with Gasteiger partial charge in [0.05, 0.1) is 11.1 Å². The molecule has 2 heterocycles. The van der Waals surface area contributed by atoms with E-state index in [1.807, 2.05) is 23.9 Å². The zero-order valence-electron chi connectivity index (χ0n) is 10.1. The molecule has 0 aliphatic carbocycles. The van der Waals surface area contributed by atoms with Crippen molar-refractivity contribution in [1.29, 1.82) is 0 Å². The number of aryl methyl sites for hydroxylation is 1. The molecule has 0 radical (unpaired) electrons. The summed E-state index contributed by atoms with van der Waals surface area (Å²) in [6, 6.07) is 5.18. The van der Waals surface area contributed by atoms with Crippen LogP contribution in [0.25, 0.3) is 11.0 Å². The highest BCUT2D eigenvalue weighted by atomic mass is 19.1. The summed E-state index contributed by atoms with van der Waals surface area (Å²) in [4.78, 5) is 8.22. The molecule has 2 aromatic heterocycles. The predicted molar refractivity (Wildman–Crippen MR) is 68.1 cm³/mol. The number of nitrogens with one attached hydrogen (secondary N) is 1. The third-order valence-corrected chi connectivity index (χ3v) is 2.85. The van der Waals surface area contributed by atoms with Crippen LogP contribution in [0.1, 0.15) is 0 Å². The van der Waals surface area contributed by atoms with E-state index in [1.165, 1.54) is 18.5 Å². The number of aromatic nitrogens is 3. The molecule has 0 saturated carbocycles. The fourth-order valence-corrected chi connectivity index (χ4v) is 1.90. The maximum atomic E-state index is 13.6. The van der Waals surface area contributed by atoms with Crippen molar-refractivity contribution in [2.75, 3.05) is 5.32 Å². The van der Waals surface area contributed by atoms with Gasteiger partial charge in [0.1, 0.15) is 29.4 Å². The molecule has 0 fully saturated rings. The molecule has 6 heteroatoms. The van der Waals surface area contributed by atoms with Crippen LogP contribution < -0.4 is 5.32 Å². The average molecular weight is 260 g/mol. The van der Waals surface area contributed by atoms with Crippen LogP contribution in [0.4, 0.5) is 20.3 Å². The lowest BCUT2D eigenvalue weighted by Gasteiger charge is -2.07. The first-order valence-electron chi connectivity index (χ1n) is 5.63. The molecule has 1 aromatic carbocycles. The first-order valence-corrected chi connectivity index (χ1v) is 5.63. The Bertz CT molecular complexity index is 751. The van der Waals surface area contributed by atoms with E-state index < -0.39 is 11.6 Å². The molecule has 3 aromatic rings. The van der Waals surface area contributed by atoms with E-state index in [0.29, 0.717) is 5.82 Å². The second kappa shape index (κ2) is 4.31. The number of halogens is 2. The topological polar surface area (TPSA) is 42.7 Å². The number of rotatable bonds is 2. The van der Waals surface area contributed by atoms with Crippen molar-refractivity contribution < 1.29 is 8.78 Å². The number of fused-ring (bicyclic) bond motifs is 1. The summed E-state index contributed by atoms with van der Waals surface area (Å²) in [5, 5.41) is 3.62. The van der Waals surface area contributed by atoms with Gasteiger partial charge in [-0.2, -0.15) is 0 Å². The Morgan fingerprint density at radius 1 is 1.16 bits per heavy atom. The van der Waals surface area contributed by atoms with E-state index >= 15 is 0 Å². The number of nitrogens with zero attached hydrogens (tertiary/aromatic N) is 3. The molecule has 96 valence electrons. The molecule has 0 atom stereocenters. The summed E-state index contributed by atoms with van der Waals surface area (Å²) in [6.45, 7) is 0. The summed E-state index contributed by atoms with van der Waals surface area (Å²) in [5.74, 6) is -0.797. The maximum absolute atomic E-state index is 13.6. The zero-order valence-corrected chi connectivity index (χ0v) is 10.1. The molecular formula is C13H10F2N4. The third kappa shape index (κ3) is 2.01. The van der Waals surface area contributed by atoms with Gasteiger partial charge in [-0.1, -0.05) is 0 Å². The Morgan fingerprint density at radius 3 is 2.79 bits per heavy atom. The minimum atomic E-state index is -0.664. The SMILES string of the molecule is Cn1ccc2c(Nc3ccc(F)cc3F)ncnc21. The summed E-state index contributed by atoms with van der Waals surface area (Å²) >= 11 is 0. The molecule has 0 amide bonds. The van der Waals surface area contributed by atoms with Gasteiger partial charge in [-0.05, 0) is 18.2 Å². The van der Waals surface area contributed by atoms with E-state index in [1.54, 1.807) is 0 Å². The normalized spacial score (nSPS) is 10.9. The lowest BCUT2D eigenvalue weighted by atomic mass is 10.3. The summed E-state index contributed by atoms with van der Waals surface area (Å²) in [5.41, 5.74) is 0.908. The fourth-order valence-electron chi connectivity index (χ4n) is 1.90. The monoisotopic (exact) mass is 260 g/mol. The Hall–Kier alpha value is -2.50. The molecule has 0 aliphatic rings. The second-order valence-corrected chi connectivity index (χ2v) is 4.14. The largest absolute Gasteiger partial charge is 0.337 e. The average Bonchev–Trinajstić information content (AvgIpc) is 2.76. The highest BCUT2D eigenvalue weighted by Crippen LogP contribution is 2.25. The summed E-state index contributed by atoms with van der Waals surface area (Å²) in [7, 11) is 1.86. The van der Waals surface area contributed by atoms with Crippen molar-refractivity contribution in [1.82, 2.24) is 14.5 Å². The van der Waals surface area contributed by atoms with Crippen LogP contribution >= 0.6 is 0 Å². The van der Waals surface area contributed by atoms with E-state index in [-0.39, 0.29) is 5.69 Å². The van der Waals surface area contributed by atoms with Crippen LogP contribution in [-0.2, 0) is 7.05 Å². The molecular weight excluding hydrogens is 250 g/mol. The first kappa shape index (κ1) is 11.6. The first-order chi connectivity index (χ1) is 9.15. The Balaban J connectivity index is 2.06. The smallest absolute Gasteiger partial charge is 0.149 e. The van der Waals surface area contributed by atoms with Gasteiger partial charge in [0, 0.05) is 19.3 Å². The van der Waals surface area contributed by atoms with Gasteiger partial charge >= 0.3 is 0 Å². The lowest BCUT2D eigenvalue weighted by molar-refractivity contribution is 0.586. The van der Waals surface area contributed by atoms with E-state index in [4.69, 9.17) is 0 Å². The minimum absolute atomic E-state index is 0.172. The third-order valence-electron chi connectivity index (χ3n) is 2.85. The number of hydrogen-bond donors (Lipinski definition) is 1. The molecule has 0 spiro atoms. The molecule has 0 aliphatic heterocycles. The van der Waals surface area contributed by atoms with Crippen molar-refractivity contribution in [2.45, 2.75) is 0 Å². The lowest BCUT2D eigenvalue weighted by Crippen LogP contribution is -1.98. The van der Waals surface area contributed by atoms with Gasteiger partial charge in [-0.15, -0.1) is 0 Å². The van der Waals surface area contributed by atoms with Gasteiger partial charge in [0.25, 0.3) is 0 Å². The van der Waals surface area contributed by atoms with Gasteiger partial charge in [-0.25, -0.2) is 18.7 Å². The minimum Gasteiger partial charge on any atom is -0.337 e. The molecule has 0 unspecified atom stereocenters. The fraction of sp³-hybridized carbons (Fsp3) is 0.0769. The summed E-state index contributed by atoms with van der Waals surface area (Å²) < 4.78 is 28.3. The maximum Gasteiger partial charge on any atom is 0.149 e. The highest BCUT2D eigenvalue weighted by molar-refractivity contribution is 5.89. The van der Waals surface area contributed by atoms with Crippen molar-refractivity contribution in [3.8, 4) is 0 Å². The Morgan fingerprint density at radius 2 is 2.00 bits per heavy atom.